The Labute approximate surface area is 106 Å². The monoisotopic (exact) mass is 256 g/mol. The Morgan fingerprint density at radius 1 is 1.65 bits per heavy atom. The van der Waals surface area contributed by atoms with Crippen molar-refractivity contribution in [3.8, 4) is 0 Å². The highest BCUT2D eigenvalue weighted by Gasteiger charge is 2.34. The van der Waals surface area contributed by atoms with Crippen molar-refractivity contribution >= 4 is 17.6 Å². The lowest BCUT2D eigenvalue weighted by Crippen LogP contribution is -2.09. The van der Waals surface area contributed by atoms with E-state index in [9.17, 15) is 4.79 Å². The summed E-state index contributed by atoms with van der Waals surface area (Å²) in [6, 6.07) is 0. The molecule has 1 saturated carbocycles. The number of halogens is 1. The van der Waals surface area contributed by atoms with Crippen molar-refractivity contribution in [3.05, 3.63) is 16.4 Å². The third-order valence-corrected chi connectivity index (χ3v) is 3.66. The van der Waals surface area contributed by atoms with Crippen LogP contribution in [-0.4, -0.2) is 22.4 Å². The second-order valence-electron chi connectivity index (χ2n) is 4.64. The largest absolute Gasteiger partial charge is 0.462 e. The lowest BCUT2D eigenvalue weighted by molar-refractivity contribution is 0.0480. The Morgan fingerprint density at radius 3 is 2.76 bits per heavy atom. The van der Waals surface area contributed by atoms with E-state index in [1.54, 1.807) is 11.6 Å². The molecule has 0 saturated heterocycles. The van der Waals surface area contributed by atoms with E-state index in [1.165, 1.54) is 0 Å². The Hall–Kier alpha value is -1.03. The lowest BCUT2D eigenvalue weighted by Gasteiger charge is -2.03. The molecule has 1 aromatic rings. The van der Waals surface area contributed by atoms with Crippen LogP contribution in [0.5, 0.6) is 0 Å². The van der Waals surface area contributed by atoms with Gasteiger partial charge in [0.25, 0.3) is 0 Å². The molecule has 1 aromatic heterocycles. The number of nitrogens with zero attached hydrogens (tertiary/aromatic N) is 2. The summed E-state index contributed by atoms with van der Waals surface area (Å²) in [6.45, 7) is 7.00. The van der Waals surface area contributed by atoms with Crippen LogP contribution in [0.2, 0.25) is 5.15 Å². The van der Waals surface area contributed by atoms with Gasteiger partial charge in [0, 0.05) is 6.54 Å². The summed E-state index contributed by atoms with van der Waals surface area (Å²) in [5, 5.41) is 4.57. The highest BCUT2D eigenvalue weighted by atomic mass is 35.5. The summed E-state index contributed by atoms with van der Waals surface area (Å²) in [5.41, 5.74) is 1.03. The van der Waals surface area contributed by atoms with Gasteiger partial charge >= 0.3 is 5.97 Å². The Bertz CT molecular complexity index is 442. The molecular weight excluding hydrogens is 240 g/mol. The molecule has 4 nitrogen and oxygen atoms in total. The van der Waals surface area contributed by atoms with Gasteiger partial charge in [-0.25, -0.2) is 4.79 Å². The van der Waals surface area contributed by atoms with Crippen molar-refractivity contribution in [2.45, 2.75) is 33.7 Å². The highest BCUT2D eigenvalue weighted by molar-refractivity contribution is 6.32. The van der Waals surface area contributed by atoms with Crippen LogP contribution in [0.15, 0.2) is 0 Å². The summed E-state index contributed by atoms with van der Waals surface area (Å²) < 4.78 is 6.87. The molecule has 1 aliphatic carbocycles. The fraction of sp³-hybridized carbons (Fsp3) is 0.667. The molecule has 1 fully saturated rings. The Morgan fingerprint density at radius 2 is 2.29 bits per heavy atom. The maximum Gasteiger partial charge on any atom is 0.343 e. The molecule has 0 unspecified atom stereocenters. The Kier molecular flexibility index (Phi) is 3.43. The summed E-state index contributed by atoms with van der Waals surface area (Å²) in [6.07, 6.45) is 1.15. The number of aryl methyl sites for hydroxylation is 2. The zero-order chi connectivity index (χ0) is 12.6. The quantitative estimate of drug-likeness (QED) is 0.778. The van der Waals surface area contributed by atoms with E-state index >= 15 is 0 Å². The molecule has 0 aliphatic heterocycles. The van der Waals surface area contributed by atoms with Gasteiger partial charge in [-0.15, -0.1) is 0 Å². The molecule has 1 heterocycles. The van der Waals surface area contributed by atoms with Crippen LogP contribution in [0.3, 0.4) is 0 Å². The summed E-state index contributed by atoms with van der Waals surface area (Å²) in [4.78, 5) is 11.9. The molecule has 2 rings (SSSR count). The predicted molar refractivity (Wildman–Crippen MR) is 65.2 cm³/mol. The summed E-state index contributed by atoms with van der Waals surface area (Å²) in [7, 11) is 0. The first-order valence-electron chi connectivity index (χ1n) is 5.94. The second-order valence-corrected chi connectivity index (χ2v) is 5.00. The fourth-order valence-electron chi connectivity index (χ4n) is 1.88. The van der Waals surface area contributed by atoms with Crippen molar-refractivity contribution < 1.29 is 9.53 Å². The predicted octanol–water partition coefficient (Wildman–Crippen LogP) is 2.68. The van der Waals surface area contributed by atoms with Crippen LogP contribution in [0, 0.1) is 18.8 Å². The minimum atomic E-state index is -0.355. The fourth-order valence-corrected chi connectivity index (χ4v) is 2.25. The number of hydrogen-bond acceptors (Lipinski definition) is 3. The molecule has 94 valence electrons. The van der Waals surface area contributed by atoms with Crippen molar-refractivity contribution in [2.24, 2.45) is 11.8 Å². The molecule has 0 spiro atoms. The number of carbonyl (C=O) groups is 1. The maximum atomic E-state index is 11.9. The molecule has 0 aromatic carbocycles. The van der Waals surface area contributed by atoms with Crippen molar-refractivity contribution in [1.29, 1.82) is 0 Å². The topological polar surface area (TPSA) is 44.1 Å². The van der Waals surface area contributed by atoms with E-state index in [0.29, 0.717) is 41.4 Å². The highest BCUT2D eigenvalue weighted by Crippen LogP contribution is 2.37. The number of hydrogen-bond donors (Lipinski definition) is 0. The van der Waals surface area contributed by atoms with Gasteiger partial charge < -0.3 is 4.74 Å². The van der Waals surface area contributed by atoms with Crippen molar-refractivity contribution in [2.75, 3.05) is 6.61 Å². The smallest absolute Gasteiger partial charge is 0.343 e. The van der Waals surface area contributed by atoms with Gasteiger partial charge in [-0.1, -0.05) is 18.5 Å². The third kappa shape index (κ3) is 2.46. The number of esters is 1. The SMILES string of the molecule is CCn1nc(C)c(C(=O)OC[C@H]2C[C@@H]2C)c1Cl. The van der Waals surface area contributed by atoms with Gasteiger partial charge in [-0.3, -0.25) is 4.68 Å². The van der Waals surface area contributed by atoms with Crippen LogP contribution >= 0.6 is 11.6 Å². The first kappa shape index (κ1) is 12.4. The minimum absolute atomic E-state index is 0.355. The second kappa shape index (κ2) is 4.69. The number of carbonyl (C=O) groups excluding carboxylic acids is 1. The van der Waals surface area contributed by atoms with Gasteiger partial charge in [0.2, 0.25) is 0 Å². The number of ether oxygens (including phenoxy) is 1. The van der Waals surface area contributed by atoms with Crippen LogP contribution in [0.25, 0.3) is 0 Å². The minimum Gasteiger partial charge on any atom is -0.462 e. The van der Waals surface area contributed by atoms with Gasteiger partial charge in [-0.05, 0) is 32.1 Å². The molecule has 5 heteroatoms. The molecule has 17 heavy (non-hydrogen) atoms. The summed E-state index contributed by atoms with van der Waals surface area (Å²) >= 11 is 6.08. The lowest BCUT2D eigenvalue weighted by atomic mass is 10.2. The molecule has 0 bridgehead atoms. The van der Waals surface area contributed by atoms with Gasteiger partial charge in [0.1, 0.15) is 10.7 Å². The van der Waals surface area contributed by atoms with Gasteiger partial charge in [-0.2, -0.15) is 5.10 Å². The van der Waals surface area contributed by atoms with Crippen LogP contribution in [-0.2, 0) is 11.3 Å². The van der Waals surface area contributed by atoms with E-state index in [-0.39, 0.29) is 5.97 Å². The standard InChI is InChI=1S/C12H17ClN2O2/c1-4-15-11(13)10(8(3)14-15)12(16)17-6-9-5-7(9)2/h7,9H,4-6H2,1-3H3/t7-,9+/m0/s1. The average Bonchev–Trinajstić information content (AvgIpc) is 2.91. The zero-order valence-corrected chi connectivity index (χ0v) is 11.1. The molecular formula is C12H17ClN2O2. The van der Waals surface area contributed by atoms with Crippen LogP contribution < -0.4 is 0 Å². The first-order valence-corrected chi connectivity index (χ1v) is 6.32. The van der Waals surface area contributed by atoms with E-state index in [4.69, 9.17) is 16.3 Å². The van der Waals surface area contributed by atoms with Gasteiger partial charge in [0.15, 0.2) is 0 Å². The number of rotatable bonds is 4. The van der Waals surface area contributed by atoms with E-state index in [2.05, 4.69) is 12.0 Å². The molecule has 1 aliphatic rings. The van der Waals surface area contributed by atoms with E-state index in [0.717, 1.165) is 6.42 Å². The molecule has 0 N–H and O–H groups in total. The normalized spacial score (nSPS) is 22.6. The van der Waals surface area contributed by atoms with E-state index in [1.807, 2.05) is 6.92 Å². The van der Waals surface area contributed by atoms with Gasteiger partial charge in [0.05, 0.1) is 12.3 Å². The van der Waals surface area contributed by atoms with E-state index < -0.39 is 0 Å². The van der Waals surface area contributed by atoms with Crippen LogP contribution in [0.1, 0.15) is 36.3 Å². The van der Waals surface area contributed by atoms with Crippen molar-refractivity contribution in [3.63, 3.8) is 0 Å². The maximum absolute atomic E-state index is 11.9. The summed E-state index contributed by atoms with van der Waals surface area (Å²) in [5.74, 6) is 0.850. The van der Waals surface area contributed by atoms with Crippen molar-refractivity contribution in [1.82, 2.24) is 9.78 Å². The third-order valence-electron chi connectivity index (χ3n) is 3.27. The zero-order valence-electron chi connectivity index (χ0n) is 10.4. The Balaban J connectivity index is 2.05. The molecule has 0 amide bonds. The molecule has 2 atom stereocenters. The average molecular weight is 257 g/mol. The molecule has 0 radical (unpaired) electrons. The first-order chi connectivity index (χ1) is 8.04. The number of aromatic nitrogens is 2. The van der Waals surface area contributed by atoms with Crippen LogP contribution in [0.4, 0.5) is 0 Å².